The van der Waals surface area contributed by atoms with E-state index in [0.717, 1.165) is 18.4 Å². The van der Waals surface area contributed by atoms with Gasteiger partial charge in [0.05, 0.1) is 18.7 Å². The van der Waals surface area contributed by atoms with Crippen LogP contribution in [0.4, 0.5) is 5.13 Å². The van der Waals surface area contributed by atoms with Crippen LogP contribution in [0, 0.1) is 0 Å². The first-order chi connectivity index (χ1) is 13.6. The lowest BCUT2D eigenvalue weighted by molar-refractivity contribution is -0.142. The molecule has 3 rings (SSSR count). The Morgan fingerprint density at radius 3 is 2.79 bits per heavy atom. The third-order valence-corrected chi connectivity index (χ3v) is 5.25. The van der Waals surface area contributed by atoms with Gasteiger partial charge in [0.15, 0.2) is 5.13 Å². The van der Waals surface area contributed by atoms with E-state index in [9.17, 15) is 14.4 Å². The van der Waals surface area contributed by atoms with E-state index in [4.69, 9.17) is 4.74 Å². The molecule has 1 aromatic carbocycles. The molecule has 1 aliphatic heterocycles. The zero-order valence-corrected chi connectivity index (χ0v) is 16.5. The second kappa shape index (κ2) is 9.45. The van der Waals surface area contributed by atoms with Crippen molar-refractivity contribution in [2.45, 2.75) is 38.6 Å². The Labute approximate surface area is 167 Å². The molecule has 1 saturated heterocycles. The molecular weight excluding hydrogens is 378 g/mol. The van der Waals surface area contributed by atoms with Crippen molar-refractivity contribution in [2.24, 2.45) is 0 Å². The minimum absolute atomic E-state index is 0.0163. The first-order valence-electron chi connectivity index (χ1n) is 9.33. The number of thiazole rings is 1. The summed E-state index contributed by atoms with van der Waals surface area (Å²) < 4.78 is 4.92. The van der Waals surface area contributed by atoms with E-state index in [1.54, 1.807) is 17.2 Å². The van der Waals surface area contributed by atoms with E-state index >= 15 is 0 Å². The van der Waals surface area contributed by atoms with E-state index in [0.29, 0.717) is 30.4 Å². The van der Waals surface area contributed by atoms with E-state index in [2.05, 4.69) is 10.3 Å². The quantitative estimate of drug-likeness (QED) is 0.721. The summed E-state index contributed by atoms with van der Waals surface area (Å²) in [6.07, 6.45) is 2.25. The minimum Gasteiger partial charge on any atom is -0.466 e. The van der Waals surface area contributed by atoms with Crippen molar-refractivity contribution in [3.05, 3.63) is 47.0 Å². The van der Waals surface area contributed by atoms with Crippen molar-refractivity contribution in [2.75, 3.05) is 18.5 Å². The van der Waals surface area contributed by atoms with Crippen molar-refractivity contribution in [1.82, 2.24) is 9.88 Å². The number of carbonyl (C=O) groups is 3. The molecule has 7 nitrogen and oxygen atoms in total. The van der Waals surface area contributed by atoms with Gasteiger partial charge >= 0.3 is 5.97 Å². The van der Waals surface area contributed by atoms with Crippen LogP contribution < -0.4 is 5.32 Å². The second-order valence-electron chi connectivity index (χ2n) is 6.47. The third-order valence-electron chi connectivity index (χ3n) is 4.45. The van der Waals surface area contributed by atoms with E-state index in [-0.39, 0.29) is 24.2 Å². The number of esters is 1. The highest BCUT2D eigenvalue weighted by atomic mass is 32.1. The summed E-state index contributed by atoms with van der Waals surface area (Å²) in [5, 5.41) is 4.92. The maximum Gasteiger partial charge on any atom is 0.311 e. The Kier molecular flexibility index (Phi) is 6.76. The molecule has 28 heavy (non-hydrogen) atoms. The van der Waals surface area contributed by atoms with Gasteiger partial charge in [-0.15, -0.1) is 11.3 Å². The number of carbonyl (C=O) groups excluding carboxylic acids is 3. The van der Waals surface area contributed by atoms with Gasteiger partial charge in [0.1, 0.15) is 6.04 Å². The number of likely N-dealkylation sites (tertiary alicyclic amines) is 1. The normalized spacial score (nSPS) is 15.2. The molecule has 1 aromatic heterocycles. The van der Waals surface area contributed by atoms with E-state index in [1.807, 2.05) is 30.3 Å². The molecule has 2 amide bonds. The van der Waals surface area contributed by atoms with Gasteiger partial charge in [-0.2, -0.15) is 0 Å². The highest BCUT2D eigenvalue weighted by Crippen LogP contribution is 2.27. The first-order valence-corrected chi connectivity index (χ1v) is 10.2. The fraction of sp³-hybridized carbons (Fsp3) is 0.400. The molecule has 1 aliphatic rings. The van der Waals surface area contributed by atoms with Crippen molar-refractivity contribution < 1.29 is 19.1 Å². The lowest BCUT2D eigenvalue weighted by Crippen LogP contribution is -2.43. The van der Waals surface area contributed by atoms with Crippen LogP contribution in [0.2, 0.25) is 0 Å². The second-order valence-corrected chi connectivity index (χ2v) is 7.33. The van der Waals surface area contributed by atoms with Crippen LogP contribution in [-0.4, -0.2) is 40.8 Å². The van der Waals surface area contributed by atoms with Crippen LogP contribution >= 0.6 is 11.3 Å². The average Bonchev–Trinajstić information content (AvgIpc) is 3.11. The molecule has 0 spiro atoms. The molecule has 2 heterocycles. The van der Waals surface area contributed by atoms with Crippen LogP contribution in [0.25, 0.3) is 0 Å². The zero-order valence-electron chi connectivity index (χ0n) is 15.7. The van der Waals surface area contributed by atoms with Crippen molar-refractivity contribution in [3.8, 4) is 0 Å². The Morgan fingerprint density at radius 1 is 1.29 bits per heavy atom. The highest BCUT2D eigenvalue weighted by molar-refractivity contribution is 7.13. The van der Waals surface area contributed by atoms with Crippen molar-refractivity contribution in [1.29, 1.82) is 0 Å². The van der Waals surface area contributed by atoms with Gasteiger partial charge < -0.3 is 9.64 Å². The fourth-order valence-electron chi connectivity index (χ4n) is 3.19. The molecule has 148 valence electrons. The minimum atomic E-state index is -0.702. The van der Waals surface area contributed by atoms with Gasteiger partial charge in [0, 0.05) is 18.3 Å². The molecule has 1 atom stereocenters. The highest BCUT2D eigenvalue weighted by Gasteiger charge is 2.33. The lowest BCUT2D eigenvalue weighted by atomic mass is 10.0. The number of hydrogen-bond acceptors (Lipinski definition) is 6. The maximum absolute atomic E-state index is 13.1. The van der Waals surface area contributed by atoms with Crippen LogP contribution in [0.5, 0.6) is 0 Å². The number of nitrogens with zero attached hydrogens (tertiary/aromatic N) is 2. The number of benzene rings is 1. The SMILES string of the molecule is CCOC(=O)Cc1csc(NC(=O)C(c2ccccc2)N2CCCCC2=O)n1. The Balaban J connectivity index is 1.76. The predicted octanol–water partition coefficient (Wildman–Crippen LogP) is 2.94. The zero-order chi connectivity index (χ0) is 19.9. The van der Waals surface area contributed by atoms with Gasteiger partial charge in [-0.1, -0.05) is 30.3 Å². The van der Waals surface area contributed by atoms with Crippen LogP contribution in [0.15, 0.2) is 35.7 Å². The fourth-order valence-corrected chi connectivity index (χ4v) is 3.90. The number of ether oxygens (including phenoxy) is 1. The molecule has 0 bridgehead atoms. The summed E-state index contributed by atoms with van der Waals surface area (Å²) in [6, 6.07) is 8.57. The molecule has 1 unspecified atom stereocenters. The van der Waals surface area contributed by atoms with Gasteiger partial charge in [-0.3, -0.25) is 19.7 Å². The number of aromatic nitrogens is 1. The summed E-state index contributed by atoms with van der Waals surface area (Å²) >= 11 is 1.24. The molecule has 1 N–H and O–H groups in total. The smallest absolute Gasteiger partial charge is 0.311 e. The molecule has 0 radical (unpaired) electrons. The van der Waals surface area contributed by atoms with Crippen LogP contribution in [0.1, 0.15) is 43.5 Å². The van der Waals surface area contributed by atoms with Crippen molar-refractivity contribution in [3.63, 3.8) is 0 Å². The lowest BCUT2D eigenvalue weighted by Gasteiger charge is -2.33. The largest absolute Gasteiger partial charge is 0.466 e. The van der Waals surface area contributed by atoms with Crippen LogP contribution in [-0.2, 0) is 25.5 Å². The maximum atomic E-state index is 13.1. The molecule has 2 aromatic rings. The number of hydrogen-bond donors (Lipinski definition) is 1. The molecule has 8 heteroatoms. The average molecular weight is 401 g/mol. The number of anilines is 1. The summed E-state index contributed by atoms with van der Waals surface area (Å²) in [5.41, 5.74) is 1.31. The van der Waals surface area contributed by atoms with E-state index in [1.165, 1.54) is 11.3 Å². The molecule has 0 aliphatic carbocycles. The summed E-state index contributed by atoms with van der Waals surface area (Å²) in [5.74, 6) is -0.678. The Morgan fingerprint density at radius 2 is 2.07 bits per heavy atom. The Bertz CT molecular complexity index is 837. The topological polar surface area (TPSA) is 88.6 Å². The molecule has 0 saturated carbocycles. The summed E-state index contributed by atoms with van der Waals surface area (Å²) in [4.78, 5) is 43.0. The number of rotatable bonds is 7. The molecule has 1 fully saturated rings. The predicted molar refractivity (Wildman–Crippen MR) is 106 cm³/mol. The van der Waals surface area contributed by atoms with Gasteiger partial charge in [-0.25, -0.2) is 4.98 Å². The third kappa shape index (κ3) is 4.95. The summed E-state index contributed by atoms with van der Waals surface area (Å²) in [6.45, 7) is 2.61. The van der Waals surface area contributed by atoms with E-state index < -0.39 is 6.04 Å². The van der Waals surface area contributed by atoms with Crippen LogP contribution in [0.3, 0.4) is 0 Å². The van der Waals surface area contributed by atoms with Gasteiger partial charge in [0.25, 0.3) is 5.91 Å². The number of piperidine rings is 1. The summed E-state index contributed by atoms with van der Waals surface area (Å²) in [7, 11) is 0. The first kappa shape index (κ1) is 20.0. The van der Waals surface area contributed by atoms with Gasteiger partial charge in [0.2, 0.25) is 5.91 Å². The Hall–Kier alpha value is -2.74. The molecular formula is C20H23N3O4S. The standard InChI is InChI=1S/C20H23N3O4S/c1-2-27-17(25)12-15-13-28-20(21-15)22-19(26)18(14-8-4-3-5-9-14)23-11-7-6-10-16(23)24/h3-5,8-9,13,18H,2,6-7,10-12H2,1H3,(H,21,22,26). The van der Waals surface area contributed by atoms with Gasteiger partial charge in [-0.05, 0) is 25.3 Å². The monoisotopic (exact) mass is 401 g/mol. The number of amides is 2. The van der Waals surface area contributed by atoms with Crippen molar-refractivity contribution >= 4 is 34.3 Å². The number of nitrogens with one attached hydrogen (secondary N) is 1.